The van der Waals surface area contributed by atoms with Gasteiger partial charge in [-0.15, -0.1) is 0 Å². The van der Waals surface area contributed by atoms with Crippen molar-refractivity contribution in [3.05, 3.63) is 56.1 Å². The number of hydrogen-bond acceptors (Lipinski definition) is 4. The Kier molecular flexibility index (Phi) is 5.38. The van der Waals surface area contributed by atoms with Crippen LogP contribution in [0.25, 0.3) is 0 Å². The number of hydrogen-bond donors (Lipinski definition) is 2. The predicted octanol–water partition coefficient (Wildman–Crippen LogP) is 4.76. The summed E-state index contributed by atoms with van der Waals surface area (Å²) in [7, 11) is 0. The third-order valence-corrected chi connectivity index (χ3v) is 3.49. The summed E-state index contributed by atoms with van der Waals surface area (Å²) >= 11 is 2.23. The van der Waals surface area contributed by atoms with E-state index in [-0.39, 0.29) is 10.6 Å². The van der Waals surface area contributed by atoms with Crippen molar-refractivity contribution in [2.24, 2.45) is 0 Å². The average Bonchev–Trinajstić information content (AvgIpc) is 2.45. The van der Waals surface area contributed by atoms with E-state index in [1.165, 1.54) is 6.07 Å². The largest absolute Gasteiger partial charge is 0.385 e. The molecule has 0 spiro atoms. The SMILES string of the molecule is CCCNc1cc(Nc2cccc(I)c2)cc([N+](=O)[O-])c1. The lowest BCUT2D eigenvalue weighted by Crippen LogP contribution is -2.02. The molecule has 0 saturated carbocycles. The number of nitrogens with zero attached hydrogens (tertiary/aromatic N) is 1. The molecule has 2 N–H and O–H groups in total. The van der Waals surface area contributed by atoms with Crippen LogP contribution in [0.15, 0.2) is 42.5 Å². The van der Waals surface area contributed by atoms with Gasteiger partial charge in [-0.3, -0.25) is 10.1 Å². The van der Waals surface area contributed by atoms with Crippen LogP contribution in [-0.4, -0.2) is 11.5 Å². The van der Waals surface area contributed by atoms with Gasteiger partial charge in [-0.2, -0.15) is 0 Å². The minimum Gasteiger partial charge on any atom is -0.385 e. The van der Waals surface area contributed by atoms with Crippen LogP contribution in [0, 0.1) is 13.7 Å². The maximum Gasteiger partial charge on any atom is 0.273 e. The Morgan fingerprint density at radius 3 is 2.57 bits per heavy atom. The summed E-state index contributed by atoms with van der Waals surface area (Å²) in [4.78, 5) is 10.7. The summed E-state index contributed by atoms with van der Waals surface area (Å²) in [5, 5.41) is 17.4. The second-order valence-electron chi connectivity index (χ2n) is 4.59. The van der Waals surface area contributed by atoms with Gasteiger partial charge in [0.25, 0.3) is 5.69 Å². The van der Waals surface area contributed by atoms with Crippen LogP contribution in [0.3, 0.4) is 0 Å². The molecule has 2 rings (SSSR count). The third-order valence-electron chi connectivity index (χ3n) is 2.82. The zero-order valence-electron chi connectivity index (χ0n) is 11.6. The first kappa shape index (κ1) is 15.6. The first-order chi connectivity index (χ1) is 10.1. The molecule has 110 valence electrons. The topological polar surface area (TPSA) is 67.2 Å². The molecule has 0 amide bonds. The summed E-state index contributed by atoms with van der Waals surface area (Å²) in [6.07, 6.45) is 0.961. The zero-order chi connectivity index (χ0) is 15.2. The summed E-state index contributed by atoms with van der Waals surface area (Å²) in [5.74, 6) is 0. The number of halogens is 1. The highest BCUT2D eigenvalue weighted by atomic mass is 127. The first-order valence-corrected chi connectivity index (χ1v) is 7.72. The maximum absolute atomic E-state index is 11.0. The van der Waals surface area contributed by atoms with E-state index in [1.807, 2.05) is 30.3 Å². The van der Waals surface area contributed by atoms with E-state index in [0.717, 1.165) is 27.9 Å². The highest BCUT2D eigenvalue weighted by Gasteiger charge is 2.10. The lowest BCUT2D eigenvalue weighted by molar-refractivity contribution is -0.384. The highest BCUT2D eigenvalue weighted by Crippen LogP contribution is 2.27. The maximum atomic E-state index is 11.0. The molecule has 5 nitrogen and oxygen atoms in total. The lowest BCUT2D eigenvalue weighted by Gasteiger charge is -2.10. The summed E-state index contributed by atoms with van der Waals surface area (Å²) < 4.78 is 1.10. The van der Waals surface area contributed by atoms with Gasteiger partial charge in [0.15, 0.2) is 0 Å². The Bertz CT molecular complexity index is 647. The fourth-order valence-electron chi connectivity index (χ4n) is 1.89. The smallest absolute Gasteiger partial charge is 0.273 e. The number of benzene rings is 2. The molecule has 2 aromatic carbocycles. The molecule has 0 radical (unpaired) electrons. The molecule has 0 aliphatic rings. The van der Waals surface area contributed by atoms with Crippen LogP contribution in [-0.2, 0) is 0 Å². The zero-order valence-corrected chi connectivity index (χ0v) is 13.8. The minimum atomic E-state index is -0.378. The molecule has 6 heteroatoms. The Morgan fingerprint density at radius 1 is 1.14 bits per heavy atom. The normalized spacial score (nSPS) is 10.2. The van der Waals surface area contributed by atoms with Gasteiger partial charge in [0.1, 0.15) is 0 Å². The quantitative estimate of drug-likeness (QED) is 0.419. The molecule has 0 fully saturated rings. The average molecular weight is 397 g/mol. The van der Waals surface area contributed by atoms with Gasteiger partial charge in [0, 0.05) is 39.3 Å². The Labute approximate surface area is 137 Å². The van der Waals surface area contributed by atoms with Gasteiger partial charge in [-0.1, -0.05) is 13.0 Å². The van der Waals surface area contributed by atoms with Gasteiger partial charge >= 0.3 is 0 Å². The third kappa shape index (κ3) is 4.59. The Balaban J connectivity index is 2.28. The summed E-state index contributed by atoms with van der Waals surface area (Å²) in [6, 6.07) is 12.8. The number of non-ortho nitro benzene ring substituents is 1. The fourth-order valence-corrected chi connectivity index (χ4v) is 2.44. The molecule has 0 aromatic heterocycles. The lowest BCUT2D eigenvalue weighted by atomic mass is 10.2. The van der Waals surface area contributed by atoms with Gasteiger partial charge in [0.05, 0.1) is 4.92 Å². The van der Waals surface area contributed by atoms with Crippen molar-refractivity contribution in [2.45, 2.75) is 13.3 Å². The number of nitrogens with one attached hydrogen (secondary N) is 2. The van der Waals surface area contributed by atoms with E-state index >= 15 is 0 Å². The highest BCUT2D eigenvalue weighted by molar-refractivity contribution is 14.1. The van der Waals surface area contributed by atoms with Crippen LogP contribution < -0.4 is 10.6 Å². The van der Waals surface area contributed by atoms with Crippen molar-refractivity contribution >= 4 is 45.3 Å². The fraction of sp³-hybridized carbons (Fsp3) is 0.200. The van der Waals surface area contributed by atoms with Crippen molar-refractivity contribution in [3.8, 4) is 0 Å². The van der Waals surface area contributed by atoms with Crippen LogP contribution in [0.4, 0.5) is 22.7 Å². The molecule has 0 heterocycles. The van der Waals surface area contributed by atoms with Crippen LogP contribution in [0.1, 0.15) is 13.3 Å². The van der Waals surface area contributed by atoms with Crippen molar-refractivity contribution < 1.29 is 4.92 Å². The summed E-state index contributed by atoms with van der Waals surface area (Å²) in [5.41, 5.74) is 2.43. The molecule has 0 bridgehead atoms. The minimum absolute atomic E-state index is 0.0734. The molecule has 0 atom stereocenters. The second-order valence-corrected chi connectivity index (χ2v) is 5.83. The summed E-state index contributed by atoms with van der Waals surface area (Å²) in [6.45, 7) is 2.83. The number of nitro benzene ring substituents is 1. The number of nitro groups is 1. The van der Waals surface area contributed by atoms with E-state index in [2.05, 4.69) is 40.1 Å². The van der Waals surface area contributed by atoms with Crippen molar-refractivity contribution in [2.75, 3.05) is 17.2 Å². The van der Waals surface area contributed by atoms with Crippen molar-refractivity contribution in [3.63, 3.8) is 0 Å². The van der Waals surface area contributed by atoms with Gasteiger partial charge in [-0.25, -0.2) is 0 Å². The standard InChI is InChI=1S/C15H16IN3O2/c1-2-6-17-13-8-14(10-15(9-13)19(20)21)18-12-5-3-4-11(16)7-12/h3-5,7-10,17-18H,2,6H2,1H3. The van der Waals surface area contributed by atoms with E-state index in [9.17, 15) is 10.1 Å². The first-order valence-electron chi connectivity index (χ1n) is 6.64. The molecule has 0 aliphatic carbocycles. The molecule has 21 heavy (non-hydrogen) atoms. The predicted molar refractivity (Wildman–Crippen MR) is 94.3 cm³/mol. The molecule has 0 unspecified atom stereocenters. The molecular weight excluding hydrogens is 381 g/mol. The number of anilines is 3. The molecule has 0 aliphatic heterocycles. The van der Waals surface area contributed by atoms with Crippen LogP contribution in [0.5, 0.6) is 0 Å². The second kappa shape index (κ2) is 7.26. The van der Waals surface area contributed by atoms with E-state index in [0.29, 0.717) is 5.69 Å². The van der Waals surface area contributed by atoms with Gasteiger partial charge < -0.3 is 10.6 Å². The monoisotopic (exact) mass is 397 g/mol. The molecular formula is C15H16IN3O2. The number of rotatable bonds is 6. The van der Waals surface area contributed by atoms with Crippen LogP contribution >= 0.6 is 22.6 Å². The molecule has 0 saturated heterocycles. The van der Waals surface area contributed by atoms with E-state index in [4.69, 9.17) is 0 Å². The Morgan fingerprint density at radius 2 is 1.90 bits per heavy atom. The van der Waals surface area contributed by atoms with Crippen molar-refractivity contribution in [1.29, 1.82) is 0 Å². The Hall–Kier alpha value is -1.83. The van der Waals surface area contributed by atoms with Crippen LogP contribution in [0.2, 0.25) is 0 Å². The van der Waals surface area contributed by atoms with E-state index < -0.39 is 0 Å². The van der Waals surface area contributed by atoms with Crippen molar-refractivity contribution in [1.82, 2.24) is 0 Å². The van der Waals surface area contributed by atoms with E-state index in [1.54, 1.807) is 6.07 Å². The van der Waals surface area contributed by atoms with Gasteiger partial charge in [-0.05, 0) is 53.3 Å². The van der Waals surface area contributed by atoms with Gasteiger partial charge in [0.2, 0.25) is 0 Å². The molecule has 2 aromatic rings.